The van der Waals surface area contributed by atoms with Crippen molar-refractivity contribution >= 4 is 11.4 Å². The number of aryl methyl sites for hydroxylation is 2. The van der Waals surface area contributed by atoms with Gasteiger partial charge in [-0.1, -0.05) is 6.07 Å². The molecule has 0 spiro atoms. The Balaban J connectivity index is 1.45. The van der Waals surface area contributed by atoms with Crippen LogP contribution in [-0.4, -0.2) is 30.3 Å². The van der Waals surface area contributed by atoms with Crippen molar-refractivity contribution in [1.29, 1.82) is 0 Å². The molecule has 4 aromatic rings. The van der Waals surface area contributed by atoms with Crippen molar-refractivity contribution in [2.75, 3.05) is 0 Å². The second-order valence-electron chi connectivity index (χ2n) is 7.76. The minimum absolute atomic E-state index is 0.242. The first-order valence-corrected chi connectivity index (χ1v) is 10.2. The molecule has 0 fully saturated rings. The molecule has 32 heavy (non-hydrogen) atoms. The molecule has 0 radical (unpaired) electrons. The number of carbonyl (C=O) groups is 1. The van der Waals surface area contributed by atoms with E-state index in [0.29, 0.717) is 41.0 Å². The van der Waals surface area contributed by atoms with Gasteiger partial charge in [-0.25, -0.2) is 4.52 Å². The van der Waals surface area contributed by atoms with Crippen molar-refractivity contribution in [3.05, 3.63) is 71.4 Å². The zero-order valence-electron chi connectivity index (χ0n) is 17.1. The van der Waals surface area contributed by atoms with Crippen LogP contribution < -0.4 is 5.32 Å². The zero-order valence-corrected chi connectivity index (χ0v) is 17.1. The zero-order chi connectivity index (χ0) is 22.5. The van der Waals surface area contributed by atoms with E-state index in [1.807, 2.05) is 18.2 Å². The highest BCUT2D eigenvalue weighted by Gasteiger charge is 2.33. The van der Waals surface area contributed by atoms with Crippen molar-refractivity contribution in [1.82, 2.24) is 29.7 Å². The molecule has 0 saturated heterocycles. The number of aromatic nitrogens is 5. The largest absolute Gasteiger partial charge is 0.433 e. The van der Waals surface area contributed by atoms with Gasteiger partial charge in [-0.3, -0.25) is 14.5 Å². The number of halogens is 3. The Morgan fingerprint density at radius 3 is 2.84 bits per heavy atom. The van der Waals surface area contributed by atoms with Crippen LogP contribution in [-0.2, 0) is 12.7 Å². The normalized spacial score (nSPS) is 16.2. The van der Waals surface area contributed by atoms with E-state index in [-0.39, 0.29) is 11.9 Å². The first-order chi connectivity index (χ1) is 15.3. The van der Waals surface area contributed by atoms with Gasteiger partial charge < -0.3 is 5.32 Å². The molecule has 1 amide bonds. The molecular weight excluding hydrogens is 421 g/mol. The predicted octanol–water partition coefficient (Wildman–Crippen LogP) is 4.18. The van der Waals surface area contributed by atoms with Crippen LogP contribution in [0.15, 0.2) is 48.8 Å². The molecule has 0 aliphatic carbocycles. The summed E-state index contributed by atoms with van der Waals surface area (Å²) in [5, 5.41) is 11.9. The van der Waals surface area contributed by atoms with E-state index in [1.165, 1.54) is 6.07 Å². The molecule has 164 valence electrons. The van der Waals surface area contributed by atoms with E-state index in [9.17, 15) is 18.0 Å². The molecule has 1 aliphatic heterocycles. The summed E-state index contributed by atoms with van der Waals surface area (Å²) in [5.41, 5.74) is 2.39. The van der Waals surface area contributed by atoms with Crippen molar-refractivity contribution in [2.45, 2.75) is 38.5 Å². The van der Waals surface area contributed by atoms with E-state index in [0.717, 1.165) is 24.4 Å². The number of nitrogens with one attached hydrogen (secondary N) is 1. The van der Waals surface area contributed by atoms with E-state index in [2.05, 4.69) is 20.5 Å². The van der Waals surface area contributed by atoms with Crippen LogP contribution >= 0.6 is 0 Å². The molecule has 1 aliphatic rings. The van der Waals surface area contributed by atoms with Crippen LogP contribution in [0.3, 0.4) is 0 Å². The maximum Gasteiger partial charge on any atom is 0.433 e. The first-order valence-electron chi connectivity index (χ1n) is 10.2. The van der Waals surface area contributed by atoms with Gasteiger partial charge >= 0.3 is 6.18 Å². The second kappa shape index (κ2) is 7.47. The Bertz CT molecular complexity index is 1320. The molecule has 1 N–H and O–H groups in total. The SMILES string of the molecule is Cc1nn2ccccc2c1C(=O)NC1CCCn2nc(-c3ccnc(C(F)(F)F)c3)cc21. The molecule has 10 heteroatoms. The van der Waals surface area contributed by atoms with Gasteiger partial charge in [-0.05, 0) is 50.1 Å². The minimum Gasteiger partial charge on any atom is -0.344 e. The number of fused-ring (bicyclic) bond motifs is 2. The summed E-state index contributed by atoms with van der Waals surface area (Å²) < 4.78 is 42.6. The quantitative estimate of drug-likeness (QED) is 0.518. The predicted molar refractivity (Wildman–Crippen MR) is 110 cm³/mol. The Morgan fingerprint density at radius 1 is 1.19 bits per heavy atom. The van der Waals surface area contributed by atoms with E-state index in [1.54, 1.807) is 28.4 Å². The van der Waals surface area contributed by atoms with Gasteiger partial charge in [-0.15, -0.1) is 0 Å². The number of carbonyl (C=O) groups excluding carboxylic acids is 1. The first kappa shape index (κ1) is 20.2. The van der Waals surface area contributed by atoms with Gasteiger partial charge in [0, 0.05) is 24.5 Å². The molecule has 0 bridgehead atoms. The molecule has 7 nitrogen and oxygen atoms in total. The number of amides is 1. The molecule has 0 saturated carbocycles. The van der Waals surface area contributed by atoms with Gasteiger partial charge in [0.2, 0.25) is 0 Å². The highest BCUT2D eigenvalue weighted by molar-refractivity contribution is 6.02. The highest BCUT2D eigenvalue weighted by atomic mass is 19.4. The lowest BCUT2D eigenvalue weighted by Gasteiger charge is -2.24. The van der Waals surface area contributed by atoms with Gasteiger partial charge in [0.05, 0.1) is 34.2 Å². The summed E-state index contributed by atoms with van der Waals surface area (Å²) in [6, 6.07) is 9.44. The molecule has 1 unspecified atom stereocenters. The number of rotatable bonds is 3. The van der Waals surface area contributed by atoms with E-state index < -0.39 is 11.9 Å². The van der Waals surface area contributed by atoms with Gasteiger partial charge in [0.25, 0.3) is 5.91 Å². The third-order valence-electron chi connectivity index (χ3n) is 5.62. The number of nitrogens with zero attached hydrogens (tertiary/aromatic N) is 5. The Hall–Kier alpha value is -3.69. The fourth-order valence-corrected chi connectivity index (χ4v) is 4.14. The third-order valence-corrected chi connectivity index (χ3v) is 5.62. The summed E-state index contributed by atoms with van der Waals surface area (Å²) in [4.78, 5) is 16.5. The van der Waals surface area contributed by atoms with Crippen LogP contribution in [0.2, 0.25) is 0 Å². The van der Waals surface area contributed by atoms with Crippen molar-refractivity contribution in [2.24, 2.45) is 0 Å². The Morgan fingerprint density at radius 2 is 2.03 bits per heavy atom. The molecule has 1 atom stereocenters. The van der Waals surface area contributed by atoms with Crippen LogP contribution in [0.4, 0.5) is 13.2 Å². The molecule has 5 heterocycles. The van der Waals surface area contributed by atoms with Gasteiger partial charge in [-0.2, -0.15) is 23.4 Å². The van der Waals surface area contributed by atoms with Crippen molar-refractivity contribution in [3.63, 3.8) is 0 Å². The molecule has 4 aromatic heterocycles. The lowest BCUT2D eigenvalue weighted by molar-refractivity contribution is -0.141. The molecular formula is C22H19F3N6O. The fraction of sp³-hybridized carbons (Fsp3) is 0.273. The summed E-state index contributed by atoms with van der Waals surface area (Å²) in [5.74, 6) is -0.242. The van der Waals surface area contributed by atoms with Gasteiger partial charge in [0.15, 0.2) is 0 Å². The minimum atomic E-state index is -4.53. The lowest BCUT2D eigenvalue weighted by atomic mass is 10.0. The third kappa shape index (κ3) is 3.51. The number of pyridine rings is 2. The van der Waals surface area contributed by atoms with E-state index >= 15 is 0 Å². The Labute approximate surface area is 180 Å². The fourth-order valence-electron chi connectivity index (χ4n) is 4.14. The van der Waals surface area contributed by atoms with Crippen LogP contribution in [0.1, 0.15) is 46.3 Å². The van der Waals surface area contributed by atoms with Crippen molar-refractivity contribution in [3.8, 4) is 11.3 Å². The topological polar surface area (TPSA) is 77.1 Å². The second-order valence-corrected chi connectivity index (χ2v) is 7.76. The highest BCUT2D eigenvalue weighted by Crippen LogP contribution is 2.33. The summed E-state index contributed by atoms with van der Waals surface area (Å²) in [7, 11) is 0. The molecule has 5 rings (SSSR count). The van der Waals surface area contributed by atoms with Crippen LogP contribution in [0, 0.1) is 6.92 Å². The maximum absolute atomic E-state index is 13.1. The maximum atomic E-state index is 13.1. The van der Waals surface area contributed by atoms with Gasteiger partial charge in [0.1, 0.15) is 5.69 Å². The number of hydrogen-bond acceptors (Lipinski definition) is 4. The average Bonchev–Trinajstić information content (AvgIpc) is 3.34. The molecule has 0 aromatic carbocycles. The van der Waals surface area contributed by atoms with Crippen LogP contribution in [0.5, 0.6) is 0 Å². The summed E-state index contributed by atoms with van der Waals surface area (Å²) in [6.07, 6.45) is -0.122. The number of hydrogen-bond donors (Lipinski definition) is 1. The van der Waals surface area contributed by atoms with Crippen molar-refractivity contribution < 1.29 is 18.0 Å². The summed E-state index contributed by atoms with van der Waals surface area (Å²) in [6.45, 7) is 2.42. The standard InChI is InChI=1S/C22H19F3N6O/c1-13-20(17-6-2-3-9-30(17)28-13)21(32)27-15-5-4-10-31-18(15)12-16(29-31)14-7-8-26-19(11-14)22(23,24)25/h2-3,6-9,11-12,15H,4-5,10H2,1H3,(H,27,32). The Kier molecular flexibility index (Phi) is 4.72. The number of alkyl halides is 3. The monoisotopic (exact) mass is 440 g/mol. The lowest BCUT2D eigenvalue weighted by Crippen LogP contribution is -2.33. The smallest absolute Gasteiger partial charge is 0.344 e. The van der Waals surface area contributed by atoms with E-state index in [4.69, 9.17) is 0 Å². The summed E-state index contributed by atoms with van der Waals surface area (Å²) >= 11 is 0. The average molecular weight is 440 g/mol. The van der Waals surface area contributed by atoms with Crippen LogP contribution in [0.25, 0.3) is 16.8 Å².